The monoisotopic (exact) mass is 241 g/mol. The SMILES string of the molecule is CC(=O)Nc1cccc(Cc2ccc(O)cc2)c1. The summed E-state index contributed by atoms with van der Waals surface area (Å²) in [7, 11) is 0. The van der Waals surface area contributed by atoms with E-state index in [1.54, 1.807) is 12.1 Å². The van der Waals surface area contributed by atoms with Crippen molar-refractivity contribution in [2.45, 2.75) is 13.3 Å². The highest BCUT2D eigenvalue weighted by Crippen LogP contribution is 2.16. The van der Waals surface area contributed by atoms with Gasteiger partial charge in [0.25, 0.3) is 0 Å². The second-order valence-corrected chi connectivity index (χ2v) is 4.22. The van der Waals surface area contributed by atoms with Crippen LogP contribution < -0.4 is 5.32 Å². The molecule has 0 heterocycles. The summed E-state index contributed by atoms with van der Waals surface area (Å²) in [5.41, 5.74) is 3.04. The zero-order valence-corrected chi connectivity index (χ0v) is 10.2. The maximum absolute atomic E-state index is 11.0. The van der Waals surface area contributed by atoms with Crippen LogP contribution in [0.4, 0.5) is 5.69 Å². The van der Waals surface area contributed by atoms with Crippen molar-refractivity contribution in [1.29, 1.82) is 0 Å². The third-order valence-corrected chi connectivity index (χ3v) is 2.59. The maximum atomic E-state index is 11.0. The van der Waals surface area contributed by atoms with Gasteiger partial charge in [-0.05, 0) is 41.8 Å². The van der Waals surface area contributed by atoms with Crippen LogP contribution in [0.15, 0.2) is 48.5 Å². The Hall–Kier alpha value is -2.29. The van der Waals surface area contributed by atoms with Crippen LogP contribution in [0, 0.1) is 0 Å². The van der Waals surface area contributed by atoms with Crippen LogP contribution in [-0.2, 0) is 11.2 Å². The fraction of sp³-hybridized carbons (Fsp3) is 0.133. The number of amides is 1. The van der Waals surface area contributed by atoms with E-state index < -0.39 is 0 Å². The van der Waals surface area contributed by atoms with E-state index in [0.717, 1.165) is 23.2 Å². The Morgan fingerprint density at radius 2 is 1.83 bits per heavy atom. The molecule has 0 atom stereocenters. The zero-order chi connectivity index (χ0) is 13.0. The topological polar surface area (TPSA) is 49.3 Å². The van der Waals surface area contributed by atoms with Crippen molar-refractivity contribution < 1.29 is 9.90 Å². The minimum absolute atomic E-state index is 0.0724. The van der Waals surface area contributed by atoms with Crippen LogP contribution in [0.5, 0.6) is 5.75 Å². The average Bonchev–Trinajstić information content (AvgIpc) is 2.32. The number of anilines is 1. The Balaban J connectivity index is 2.13. The maximum Gasteiger partial charge on any atom is 0.221 e. The lowest BCUT2D eigenvalue weighted by Gasteiger charge is -2.06. The quantitative estimate of drug-likeness (QED) is 0.868. The fourth-order valence-electron chi connectivity index (χ4n) is 1.81. The van der Waals surface area contributed by atoms with Gasteiger partial charge < -0.3 is 10.4 Å². The van der Waals surface area contributed by atoms with Crippen molar-refractivity contribution in [3.05, 3.63) is 59.7 Å². The summed E-state index contributed by atoms with van der Waals surface area (Å²) in [6, 6.07) is 14.9. The Labute approximate surface area is 106 Å². The van der Waals surface area contributed by atoms with Crippen molar-refractivity contribution in [2.24, 2.45) is 0 Å². The van der Waals surface area contributed by atoms with Crippen molar-refractivity contribution in [2.75, 3.05) is 5.32 Å². The highest BCUT2D eigenvalue weighted by atomic mass is 16.3. The average molecular weight is 241 g/mol. The van der Waals surface area contributed by atoms with E-state index >= 15 is 0 Å². The van der Waals surface area contributed by atoms with Gasteiger partial charge >= 0.3 is 0 Å². The van der Waals surface area contributed by atoms with Gasteiger partial charge in [-0.1, -0.05) is 24.3 Å². The predicted octanol–water partition coefficient (Wildman–Crippen LogP) is 2.94. The van der Waals surface area contributed by atoms with Crippen molar-refractivity contribution in [3.63, 3.8) is 0 Å². The molecule has 2 aromatic rings. The second-order valence-electron chi connectivity index (χ2n) is 4.22. The number of carbonyl (C=O) groups excluding carboxylic acids is 1. The van der Waals surface area contributed by atoms with Crippen LogP contribution in [-0.4, -0.2) is 11.0 Å². The third kappa shape index (κ3) is 3.35. The number of rotatable bonds is 3. The van der Waals surface area contributed by atoms with Gasteiger partial charge in [0.1, 0.15) is 5.75 Å². The van der Waals surface area contributed by atoms with Crippen LogP contribution in [0.2, 0.25) is 0 Å². The molecule has 0 fully saturated rings. The van der Waals surface area contributed by atoms with E-state index in [0.29, 0.717) is 0 Å². The molecule has 2 aromatic carbocycles. The summed E-state index contributed by atoms with van der Waals surface area (Å²) in [4.78, 5) is 11.0. The molecule has 0 saturated carbocycles. The zero-order valence-electron chi connectivity index (χ0n) is 10.2. The van der Waals surface area contributed by atoms with Gasteiger partial charge in [0, 0.05) is 12.6 Å². The van der Waals surface area contributed by atoms with E-state index in [2.05, 4.69) is 5.32 Å². The number of hydrogen-bond acceptors (Lipinski definition) is 2. The van der Waals surface area contributed by atoms with Gasteiger partial charge in [0.15, 0.2) is 0 Å². The molecule has 0 saturated heterocycles. The van der Waals surface area contributed by atoms with Crippen molar-refractivity contribution in [3.8, 4) is 5.75 Å². The molecule has 0 bridgehead atoms. The Morgan fingerprint density at radius 1 is 1.11 bits per heavy atom. The first-order chi connectivity index (χ1) is 8.63. The molecule has 0 radical (unpaired) electrons. The summed E-state index contributed by atoms with van der Waals surface area (Å²) in [6.07, 6.45) is 0.772. The molecule has 0 aliphatic carbocycles. The van der Waals surface area contributed by atoms with Gasteiger partial charge in [-0.2, -0.15) is 0 Å². The van der Waals surface area contributed by atoms with E-state index in [1.807, 2.05) is 36.4 Å². The van der Waals surface area contributed by atoms with E-state index in [4.69, 9.17) is 0 Å². The third-order valence-electron chi connectivity index (χ3n) is 2.59. The number of aromatic hydroxyl groups is 1. The first kappa shape index (κ1) is 12.2. The van der Waals surface area contributed by atoms with Crippen molar-refractivity contribution in [1.82, 2.24) is 0 Å². The van der Waals surface area contributed by atoms with Crippen LogP contribution in [0.1, 0.15) is 18.1 Å². The molecule has 0 aromatic heterocycles. The van der Waals surface area contributed by atoms with Gasteiger partial charge in [0.05, 0.1) is 0 Å². The summed E-state index contributed by atoms with van der Waals surface area (Å²) < 4.78 is 0. The molecule has 92 valence electrons. The van der Waals surface area contributed by atoms with Crippen LogP contribution >= 0.6 is 0 Å². The lowest BCUT2D eigenvalue weighted by atomic mass is 10.0. The predicted molar refractivity (Wildman–Crippen MR) is 71.7 cm³/mol. The lowest BCUT2D eigenvalue weighted by molar-refractivity contribution is -0.114. The van der Waals surface area contributed by atoms with Gasteiger partial charge in [-0.3, -0.25) is 4.79 Å². The summed E-state index contributed by atoms with van der Waals surface area (Å²) in [5, 5.41) is 12.0. The Kier molecular flexibility index (Phi) is 3.63. The molecule has 0 aliphatic heterocycles. The van der Waals surface area contributed by atoms with Gasteiger partial charge in [0.2, 0.25) is 5.91 Å². The number of nitrogens with one attached hydrogen (secondary N) is 1. The largest absolute Gasteiger partial charge is 0.508 e. The number of benzene rings is 2. The molecule has 18 heavy (non-hydrogen) atoms. The number of phenols is 1. The molecule has 0 spiro atoms. The standard InChI is InChI=1S/C15H15NO2/c1-11(17)16-14-4-2-3-13(10-14)9-12-5-7-15(18)8-6-12/h2-8,10,18H,9H2,1H3,(H,16,17). The van der Waals surface area contributed by atoms with Crippen LogP contribution in [0.3, 0.4) is 0 Å². The van der Waals surface area contributed by atoms with Crippen molar-refractivity contribution >= 4 is 11.6 Å². The molecule has 1 amide bonds. The molecule has 0 unspecified atom stereocenters. The summed E-state index contributed by atoms with van der Waals surface area (Å²) in [5.74, 6) is 0.197. The van der Waals surface area contributed by atoms with E-state index in [-0.39, 0.29) is 11.7 Å². The fourth-order valence-corrected chi connectivity index (χ4v) is 1.81. The molecule has 2 N–H and O–H groups in total. The molecular weight excluding hydrogens is 226 g/mol. The smallest absolute Gasteiger partial charge is 0.221 e. The molecule has 3 heteroatoms. The Bertz CT molecular complexity index is 547. The first-order valence-electron chi connectivity index (χ1n) is 5.78. The minimum Gasteiger partial charge on any atom is -0.508 e. The minimum atomic E-state index is -0.0724. The number of phenolic OH excluding ortho intramolecular Hbond substituents is 1. The summed E-state index contributed by atoms with van der Waals surface area (Å²) >= 11 is 0. The van der Waals surface area contributed by atoms with Gasteiger partial charge in [-0.15, -0.1) is 0 Å². The normalized spacial score (nSPS) is 10.1. The second kappa shape index (κ2) is 5.36. The summed E-state index contributed by atoms with van der Waals surface area (Å²) in [6.45, 7) is 1.49. The highest BCUT2D eigenvalue weighted by molar-refractivity contribution is 5.88. The lowest BCUT2D eigenvalue weighted by Crippen LogP contribution is -2.05. The van der Waals surface area contributed by atoms with E-state index in [1.165, 1.54) is 6.92 Å². The van der Waals surface area contributed by atoms with Gasteiger partial charge in [-0.25, -0.2) is 0 Å². The Morgan fingerprint density at radius 3 is 2.50 bits per heavy atom. The van der Waals surface area contributed by atoms with Crippen LogP contribution in [0.25, 0.3) is 0 Å². The highest BCUT2D eigenvalue weighted by Gasteiger charge is 2.00. The number of carbonyl (C=O) groups is 1. The molecular formula is C15H15NO2. The van der Waals surface area contributed by atoms with E-state index in [9.17, 15) is 9.90 Å². The molecule has 0 aliphatic rings. The molecule has 3 nitrogen and oxygen atoms in total. The number of hydrogen-bond donors (Lipinski definition) is 2. The molecule has 2 rings (SSSR count). The first-order valence-corrected chi connectivity index (χ1v) is 5.78.